The van der Waals surface area contributed by atoms with E-state index in [0.29, 0.717) is 80.8 Å². The molecule has 13 nitrogen and oxygen atoms in total. The molecule has 45 heavy (non-hydrogen) atoms. The van der Waals surface area contributed by atoms with Crippen molar-refractivity contribution in [2.45, 2.75) is 37.3 Å². The Kier molecular flexibility index (Phi) is 10.5. The van der Waals surface area contributed by atoms with Crippen LogP contribution in [-0.2, 0) is 4.74 Å². The van der Waals surface area contributed by atoms with E-state index in [1.807, 2.05) is 11.0 Å². The fraction of sp³-hybridized carbons (Fsp3) is 0.400. The molecule has 2 aromatic heterocycles. The van der Waals surface area contributed by atoms with Gasteiger partial charge in [0.15, 0.2) is 5.82 Å². The van der Waals surface area contributed by atoms with Gasteiger partial charge in [0.05, 0.1) is 47.8 Å². The number of likely N-dealkylation sites (tertiary alicyclic amines) is 1. The second kappa shape index (κ2) is 14.5. The third-order valence-corrected chi connectivity index (χ3v) is 8.59. The van der Waals surface area contributed by atoms with Crippen LogP contribution in [0.5, 0.6) is 11.5 Å². The van der Waals surface area contributed by atoms with Crippen molar-refractivity contribution >= 4 is 52.1 Å². The van der Waals surface area contributed by atoms with Gasteiger partial charge < -0.3 is 46.0 Å². The second-order valence-electron chi connectivity index (χ2n) is 10.6. The summed E-state index contributed by atoms with van der Waals surface area (Å²) in [5.41, 5.74) is 7.82. The van der Waals surface area contributed by atoms with Crippen molar-refractivity contribution in [1.29, 1.82) is 5.41 Å². The zero-order valence-corrected chi connectivity index (χ0v) is 26.5. The number of nitrogens with one attached hydrogen (secondary N) is 4. The highest BCUT2D eigenvalue weighted by atomic mass is 35.5. The van der Waals surface area contributed by atoms with E-state index in [1.54, 1.807) is 12.3 Å². The van der Waals surface area contributed by atoms with Crippen molar-refractivity contribution in [2.24, 2.45) is 5.73 Å². The van der Waals surface area contributed by atoms with Gasteiger partial charge in [-0.1, -0.05) is 29.8 Å². The lowest BCUT2D eigenvalue weighted by atomic mass is 10.1. The molecular formula is C30H37Cl2N9O4. The van der Waals surface area contributed by atoms with Gasteiger partial charge in [0.25, 0.3) is 0 Å². The van der Waals surface area contributed by atoms with Gasteiger partial charge in [0.2, 0.25) is 5.95 Å². The van der Waals surface area contributed by atoms with Crippen LogP contribution in [0.3, 0.4) is 0 Å². The summed E-state index contributed by atoms with van der Waals surface area (Å²) in [5.74, 6) is 1.64. The molecule has 2 saturated heterocycles. The Morgan fingerprint density at radius 3 is 2.58 bits per heavy atom. The van der Waals surface area contributed by atoms with Gasteiger partial charge in [0, 0.05) is 67.9 Å². The first kappa shape index (κ1) is 32.5. The SMILES string of the molecule is C=CC(O)N[C@H]1CN(/C(C=N)=C/N)C[C@H]1Nc1ncc2cc(-c3c(Cl)c(OC)cc(OC)c3Cl)nc(NCC3CCCO3)c2n1. The summed E-state index contributed by atoms with van der Waals surface area (Å²) in [5, 5.41) is 29.2. The van der Waals surface area contributed by atoms with Gasteiger partial charge in [-0.05, 0) is 25.0 Å². The van der Waals surface area contributed by atoms with E-state index < -0.39 is 6.23 Å². The van der Waals surface area contributed by atoms with E-state index in [0.717, 1.165) is 19.4 Å². The number of hydrogen-bond donors (Lipinski definition) is 6. The maximum Gasteiger partial charge on any atom is 0.223 e. The number of aliphatic hydroxyl groups excluding tert-OH is 1. The number of methoxy groups -OCH3 is 2. The number of fused-ring (bicyclic) bond motifs is 1. The van der Waals surface area contributed by atoms with Gasteiger partial charge >= 0.3 is 0 Å². The number of allylic oxidation sites excluding steroid dienone is 1. The smallest absolute Gasteiger partial charge is 0.223 e. The molecule has 0 spiro atoms. The fourth-order valence-electron chi connectivity index (χ4n) is 5.51. The van der Waals surface area contributed by atoms with Crippen LogP contribution in [0, 0.1) is 5.41 Å². The lowest BCUT2D eigenvalue weighted by Gasteiger charge is -2.22. The maximum absolute atomic E-state index is 10.2. The average Bonchev–Trinajstić information content (AvgIpc) is 3.71. The standard InChI is InChI=1S/C30H37Cl2N9O4/c1-4-24(42)37-20-14-41(17(10-33)11-34)15-21(20)39-30-36-12-16-8-19(25-26(31)22(43-2)9-23(44-3)27(25)32)38-29(28(16)40-30)35-13-18-6-5-7-45-18/h4,8-12,18,20-21,24,33,37,42H,1,5-7,13-15,34H2,2-3H3,(H,35,38)(H,36,39,40)/b17-11+,33-10?/t18?,20-,21+,24?/m0/s1. The van der Waals surface area contributed by atoms with Crippen molar-refractivity contribution in [3.63, 3.8) is 0 Å². The van der Waals surface area contributed by atoms with Crippen LogP contribution in [0.1, 0.15) is 12.8 Å². The van der Waals surface area contributed by atoms with Gasteiger partial charge in [-0.2, -0.15) is 0 Å². The van der Waals surface area contributed by atoms with E-state index in [9.17, 15) is 5.11 Å². The molecule has 0 amide bonds. The third kappa shape index (κ3) is 7.02. The van der Waals surface area contributed by atoms with Crippen LogP contribution in [0.4, 0.5) is 11.8 Å². The van der Waals surface area contributed by atoms with E-state index in [-0.39, 0.29) is 18.2 Å². The molecule has 2 unspecified atom stereocenters. The van der Waals surface area contributed by atoms with Gasteiger partial charge in [-0.15, -0.1) is 0 Å². The van der Waals surface area contributed by atoms with Gasteiger partial charge in [-0.3, -0.25) is 5.32 Å². The molecule has 0 aliphatic carbocycles. The van der Waals surface area contributed by atoms with Crippen LogP contribution in [-0.4, -0.2) is 96.0 Å². The number of ether oxygens (including phenoxy) is 3. The number of aliphatic hydroxyl groups is 1. The summed E-state index contributed by atoms with van der Waals surface area (Å²) in [6.45, 7) is 5.87. The maximum atomic E-state index is 10.2. The first-order chi connectivity index (χ1) is 21.8. The monoisotopic (exact) mass is 657 g/mol. The van der Waals surface area contributed by atoms with Crippen molar-refractivity contribution in [3.05, 3.63) is 52.9 Å². The van der Waals surface area contributed by atoms with Crippen molar-refractivity contribution < 1.29 is 19.3 Å². The molecule has 7 N–H and O–H groups in total. The largest absolute Gasteiger partial charge is 0.495 e. The molecule has 2 aliphatic rings. The Morgan fingerprint density at radius 2 is 1.96 bits per heavy atom. The number of pyridine rings is 1. The van der Waals surface area contributed by atoms with Crippen LogP contribution >= 0.6 is 23.2 Å². The lowest BCUT2D eigenvalue weighted by molar-refractivity contribution is 0.120. The Labute approximate surface area is 271 Å². The highest BCUT2D eigenvalue weighted by molar-refractivity contribution is 6.41. The Hall–Kier alpha value is -3.88. The number of rotatable bonds is 13. The number of nitrogens with two attached hydrogens (primary N) is 1. The van der Waals surface area contributed by atoms with Crippen molar-refractivity contribution in [2.75, 3.05) is 51.1 Å². The Bertz CT molecular complexity index is 1560. The molecule has 15 heteroatoms. The quantitative estimate of drug-likeness (QED) is 0.0896. The molecule has 4 heterocycles. The molecule has 3 aromatic rings. The van der Waals surface area contributed by atoms with E-state index in [4.69, 9.17) is 58.5 Å². The van der Waals surface area contributed by atoms with Crippen LogP contribution in [0.2, 0.25) is 10.0 Å². The second-order valence-corrected chi connectivity index (χ2v) is 11.4. The van der Waals surface area contributed by atoms with Crippen LogP contribution in [0.25, 0.3) is 22.2 Å². The fourth-order valence-corrected chi connectivity index (χ4v) is 6.21. The molecule has 0 saturated carbocycles. The normalized spacial score (nSPS) is 20.7. The summed E-state index contributed by atoms with van der Waals surface area (Å²) in [6.07, 6.45) is 6.74. The summed E-state index contributed by atoms with van der Waals surface area (Å²) in [4.78, 5) is 16.3. The molecule has 5 rings (SSSR count). The van der Waals surface area contributed by atoms with E-state index in [1.165, 1.54) is 32.7 Å². The molecule has 4 atom stereocenters. The van der Waals surface area contributed by atoms with Crippen LogP contribution in [0.15, 0.2) is 42.9 Å². The molecule has 240 valence electrons. The Morgan fingerprint density at radius 1 is 1.22 bits per heavy atom. The predicted molar refractivity (Wildman–Crippen MR) is 177 cm³/mol. The zero-order chi connectivity index (χ0) is 32.1. The number of halogens is 2. The minimum absolute atomic E-state index is 0.0419. The number of benzene rings is 1. The van der Waals surface area contributed by atoms with Crippen molar-refractivity contribution in [1.82, 2.24) is 25.2 Å². The first-order valence-corrected chi connectivity index (χ1v) is 15.2. The highest BCUT2D eigenvalue weighted by Gasteiger charge is 2.35. The lowest BCUT2D eigenvalue weighted by Crippen LogP contribution is -2.47. The van der Waals surface area contributed by atoms with E-state index in [2.05, 4.69) is 27.5 Å². The summed E-state index contributed by atoms with van der Waals surface area (Å²) in [7, 11) is 3.03. The van der Waals surface area contributed by atoms with Crippen LogP contribution < -0.4 is 31.2 Å². The van der Waals surface area contributed by atoms with Gasteiger partial charge in [0.1, 0.15) is 23.2 Å². The summed E-state index contributed by atoms with van der Waals surface area (Å²) in [6, 6.07) is 2.95. The third-order valence-electron chi connectivity index (χ3n) is 7.84. The average molecular weight is 659 g/mol. The molecule has 2 aliphatic heterocycles. The topological polar surface area (TPSA) is 176 Å². The Balaban J connectivity index is 1.54. The molecule has 0 bridgehead atoms. The van der Waals surface area contributed by atoms with E-state index >= 15 is 0 Å². The summed E-state index contributed by atoms with van der Waals surface area (Å²) >= 11 is 13.5. The number of nitrogens with zero attached hydrogens (tertiary/aromatic N) is 4. The number of hydrogen-bond acceptors (Lipinski definition) is 13. The first-order valence-electron chi connectivity index (χ1n) is 14.4. The number of anilines is 2. The van der Waals surface area contributed by atoms with Crippen molar-refractivity contribution in [3.8, 4) is 22.8 Å². The molecule has 0 radical (unpaired) electrons. The summed E-state index contributed by atoms with van der Waals surface area (Å²) < 4.78 is 16.8. The minimum Gasteiger partial charge on any atom is -0.495 e. The van der Waals surface area contributed by atoms with Gasteiger partial charge in [-0.25, -0.2) is 15.0 Å². The predicted octanol–water partition coefficient (Wildman–Crippen LogP) is 3.62. The minimum atomic E-state index is -0.924. The highest BCUT2D eigenvalue weighted by Crippen LogP contribution is 2.46. The zero-order valence-electron chi connectivity index (χ0n) is 25.0. The number of aromatic nitrogens is 3. The molecular weight excluding hydrogens is 621 g/mol. The molecule has 1 aromatic carbocycles. The molecule has 2 fully saturated rings.